The number of nitrogens with zero attached hydrogens (tertiary/aromatic N) is 4. The Labute approximate surface area is 128 Å². The van der Waals surface area contributed by atoms with Crippen molar-refractivity contribution in [1.82, 2.24) is 0 Å². The fourth-order valence-electron chi connectivity index (χ4n) is 0.506. The largest absolute Gasteiger partial charge is 1.00 e. The van der Waals surface area contributed by atoms with Crippen LogP contribution in [0.1, 0.15) is 2.85 Å². The van der Waals surface area contributed by atoms with E-state index in [-0.39, 0.29) is 62.0 Å². The molecule has 1 aliphatic rings. The number of hydrogen-bond acceptors (Lipinski definition) is 7. The molecule has 0 bridgehead atoms. The Morgan fingerprint density at radius 2 is 1.69 bits per heavy atom. The molecular weight excluding hydrogens is 238 g/mol. The first-order valence-electron chi connectivity index (χ1n) is 2.43. The fraction of sp³-hybridized carbons (Fsp3) is 1.00. The Morgan fingerprint density at radius 3 is 2.00 bits per heavy atom. The summed E-state index contributed by atoms with van der Waals surface area (Å²) in [6.45, 7) is 0. The van der Waals surface area contributed by atoms with Crippen molar-refractivity contribution in [1.29, 1.82) is 0 Å². The zero-order valence-electron chi connectivity index (χ0n) is 9.12. The van der Waals surface area contributed by atoms with Crippen LogP contribution < -0.4 is 59.1 Å². The van der Waals surface area contributed by atoms with Gasteiger partial charge in [-0.15, -0.1) is 22.9 Å². The molecule has 1 N–H and O–H groups in total. The van der Waals surface area contributed by atoms with Crippen molar-refractivity contribution in [3.05, 3.63) is 0 Å². The number of thiol groups is 1. The predicted octanol–water partition coefficient (Wildman–Crippen LogP) is -5.48. The molecule has 0 saturated heterocycles. The van der Waals surface area contributed by atoms with E-state index in [1.54, 1.807) is 0 Å². The first-order chi connectivity index (χ1) is 4.91. The summed E-state index contributed by atoms with van der Waals surface area (Å²) in [6, 6.07) is 0. The molecule has 0 saturated carbocycles. The summed E-state index contributed by atoms with van der Waals surface area (Å²) in [6.07, 6.45) is 0. The van der Waals surface area contributed by atoms with Gasteiger partial charge in [0.05, 0.1) is 0 Å². The fourth-order valence-corrected chi connectivity index (χ4v) is 1.68. The van der Waals surface area contributed by atoms with E-state index in [4.69, 9.17) is 4.55 Å². The van der Waals surface area contributed by atoms with E-state index in [0.717, 1.165) is 0 Å². The van der Waals surface area contributed by atoms with Gasteiger partial charge in [-0.05, 0) is 10.4 Å². The summed E-state index contributed by atoms with van der Waals surface area (Å²) in [5.41, 5.74) is 0. The Balaban J connectivity index is -0.000000151. The minimum atomic E-state index is -4.15. The monoisotopic (exact) mass is 244 g/mol. The molecule has 11 heteroatoms. The zero-order chi connectivity index (χ0) is 8.54. The average molecular weight is 244 g/mol. The molecule has 0 aromatic heterocycles. The van der Waals surface area contributed by atoms with Crippen molar-refractivity contribution < 1.29 is 74.9 Å². The zero-order valence-corrected chi connectivity index (χ0v) is 12.8. The molecular formula is C2H6N4Na2O3S2. The van der Waals surface area contributed by atoms with Gasteiger partial charge in [0.25, 0.3) is 15.1 Å². The van der Waals surface area contributed by atoms with E-state index in [9.17, 15) is 8.42 Å². The molecule has 0 unspecified atom stereocenters. The second-order valence-electron chi connectivity index (χ2n) is 1.88. The maximum absolute atomic E-state index is 10.3. The summed E-state index contributed by atoms with van der Waals surface area (Å²) in [4.78, 5) is -1.55. The van der Waals surface area contributed by atoms with Gasteiger partial charge < -0.3 is 2.85 Å². The van der Waals surface area contributed by atoms with E-state index in [2.05, 4.69) is 33.3 Å². The average Bonchev–Trinajstić information content (AvgIpc) is 2.09. The van der Waals surface area contributed by atoms with E-state index >= 15 is 0 Å². The van der Waals surface area contributed by atoms with E-state index < -0.39 is 20.9 Å². The molecule has 0 spiro atoms. The Kier molecular flexibility index (Phi) is 7.96. The quantitative estimate of drug-likeness (QED) is 0.288. The van der Waals surface area contributed by atoms with Gasteiger partial charge in [0, 0.05) is 0 Å². The van der Waals surface area contributed by atoms with Crippen LogP contribution in [0, 0.1) is 0 Å². The van der Waals surface area contributed by atoms with Gasteiger partial charge in [0.2, 0.25) is 0 Å². The normalized spacial score (nSPS) is 17.7. The summed E-state index contributed by atoms with van der Waals surface area (Å²) in [5.74, 6) is -0.726. The molecule has 1 aliphatic heterocycles. The molecule has 7 nitrogen and oxygen atoms in total. The summed E-state index contributed by atoms with van der Waals surface area (Å²) < 4.78 is 29.0. The van der Waals surface area contributed by atoms with Crippen LogP contribution in [0.25, 0.3) is 0 Å². The molecule has 0 aromatic rings. The van der Waals surface area contributed by atoms with Crippen LogP contribution in [0.3, 0.4) is 0 Å². The molecule has 0 amide bonds. The minimum absolute atomic E-state index is 0. The van der Waals surface area contributed by atoms with Gasteiger partial charge >= 0.3 is 59.1 Å². The van der Waals surface area contributed by atoms with Gasteiger partial charge in [-0.25, -0.2) is 0 Å². The summed E-state index contributed by atoms with van der Waals surface area (Å²) in [7, 11) is -4.15. The minimum Gasteiger partial charge on any atom is -1.00 e. The van der Waals surface area contributed by atoms with Crippen molar-refractivity contribution in [2.45, 2.75) is 4.99 Å². The molecule has 1 heterocycles. The number of hydrogen-bond donors (Lipinski definition) is 2. The molecule has 1 rings (SSSR count). The standard InChI is InChI=1S/C2H4N4O3S2.2Na.2H/c7-11(8,9)1-2(10)3-5-6-4-2;;;;/h10H,1H2,(H,7,8,9);;;;/q;2*+1;2*-1. The van der Waals surface area contributed by atoms with Gasteiger partial charge in [-0.2, -0.15) is 8.42 Å². The van der Waals surface area contributed by atoms with E-state index in [0.29, 0.717) is 0 Å². The van der Waals surface area contributed by atoms with E-state index in [1.807, 2.05) is 0 Å². The maximum Gasteiger partial charge on any atom is 1.00 e. The summed E-state index contributed by atoms with van der Waals surface area (Å²) >= 11 is 3.71. The van der Waals surface area contributed by atoms with Crippen LogP contribution in [0.4, 0.5) is 0 Å². The van der Waals surface area contributed by atoms with Crippen molar-refractivity contribution in [3.63, 3.8) is 0 Å². The number of rotatable bonds is 2. The second kappa shape index (κ2) is 6.13. The second-order valence-corrected chi connectivity index (χ2v) is 4.05. The first kappa shape index (κ1) is 16.9. The molecule has 0 aliphatic carbocycles. The third kappa shape index (κ3) is 6.52. The van der Waals surface area contributed by atoms with Crippen LogP contribution in [0.2, 0.25) is 0 Å². The van der Waals surface area contributed by atoms with Gasteiger partial charge in [-0.3, -0.25) is 4.55 Å². The topological polar surface area (TPSA) is 104 Å². The van der Waals surface area contributed by atoms with Crippen LogP contribution in [-0.4, -0.2) is 23.7 Å². The smallest absolute Gasteiger partial charge is 1.00 e. The Morgan fingerprint density at radius 1 is 1.31 bits per heavy atom. The Hall–Kier alpha value is 1.46. The van der Waals surface area contributed by atoms with Gasteiger partial charge in [0.15, 0.2) is 0 Å². The molecule has 13 heavy (non-hydrogen) atoms. The van der Waals surface area contributed by atoms with Crippen molar-refractivity contribution in [3.8, 4) is 0 Å². The third-order valence-electron chi connectivity index (χ3n) is 0.826. The molecule has 0 aromatic carbocycles. The molecule has 0 atom stereocenters. The third-order valence-corrected chi connectivity index (χ3v) is 2.14. The van der Waals surface area contributed by atoms with Crippen LogP contribution in [-0.2, 0) is 10.1 Å². The van der Waals surface area contributed by atoms with Crippen LogP contribution >= 0.6 is 12.6 Å². The van der Waals surface area contributed by atoms with Gasteiger partial charge in [-0.1, -0.05) is 0 Å². The van der Waals surface area contributed by atoms with Crippen LogP contribution in [0.5, 0.6) is 0 Å². The van der Waals surface area contributed by atoms with Crippen molar-refractivity contribution >= 4 is 22.7 Å². The summed E-state index contributed by atoms with van der Waals surface area (Å²) in [5, 5.41) is 12.6. The van der Waals surface area contributed by atoms with E-state index in [1.165, 1.54) is 0 Å². The molecule has 66 valence electrons. The van der Waals surface area contributed by atoms with Gasteiger partial charge in [0.1, 0.15) is 5.75 Å². The first-order valence-corrected chi connectivity index (χ1v) is 4.49. The molecule has 0 fully saturated rings. The van der Waals surface area contributed by atoms with Crippen molar-refractivity contribution in [2.75, 3.05) is 5.75 Å². The maximum atomic E-state index is 10.3. The van der Waals surface area contributed by atoms with Crippen molar-refractivity contribution in [2.24, 2.45) is 20.7 Å². The molecule has 0 radical (unpaired) electrons. The Bertz CT molecular complexity index is 310. The predicted molar refractivity (Wildman–Crippen MR) is 40.1 cm³/mol. The SMILES string of the molecule is O=S(=O)(O)CC1(S)N=NN=N1.[H-].[H-].[Na+].[Na+]. The van der Waals surface area contributed by atoms with Crippen LogP contribution in [0.15, 0.2) is 20.7 Å².